The van der Waals surface area contributed by atoms with Gasteiger partial charge in [-0.1, -0.05) is 0 Å². The van der Waals surface area contributed by atoms with Crippen LogP contribution in [0.3, 0.4) is 0 Å². The van der Waals surface area contributed by atoms with E-state index in [4.69, 9.17) is 0 Å². The number of hydrogen-bond acceptors (Lipinski definition) is 2. The van der Waals surface area contributed by atoms with Crippen LogP contribution in [0.1, 0.15) is 19.3 Å². The summed E-state index contributed by atoms with van der Waals surface area (Å²) < 4.78 is 28.9. The molecule has 0 N–H and O–H groups in total. The molecule has 1 aliphatic rings. The Bertz CT molecular complexity index is 164. The van der Waals surface area contributed by atoms with Crippen LogP contribution >= 0.6 is 0 Å². The van der Waals surface area contributed by atoms with Crippen LogP contribution in [0.2, 0.25) is 0 Å². The second kappa shape index (κ2) is 3.83. The highest BCUT2D eigenvalue weighted by molar-refractivity contribution is 5.69. The van der Waals surface area contributed by atoms with E-state index >= 15 is 0 Å². The van der Waals surface area contributed by atoms with Crippen molar-refractivity contribution in [2.24, 2.45) is 11.8 Å². The molecule has 0 aromatic heterocycles. The summed E-state index contributed by atoms with van der Waals surface area (Å²) in [6, 6.07) is 0. The molecule has 1 saturated carbocycles. The first-order chi connectivity index (χ1) is 5.65. The third-order valence-corrected chi connectivity index (χ3v) is 2.18. The van der Waals surface area contributed by atoms with Gasteiger partial charge in [-0.25, -0.2) is 8.78 Å². The van der Waals surface area contributed by atoms with Gasteiger partial charge >= 0.3 is 5.97 Å². The van der Waals surface area contributed by atoms with Crippen molar-refractivity contribution in [3.8, 4) is 0 Å². The van der Waals surface area contributed by atoms with Gasteiger partial charge in [0.05, 0.1) is 13.5 Å². The molecule has 4 heteroatoms. The van der Waals surface area contributed by atoms with E-state index in [1.54, 1.807) is 0 Å². The molecule has 1 rings (SSSR count). The Labute approximate surface area is 69.9 Å². The van der Waals surface area contributed by atoms with Crippen LogP contribution in [0.25, 0.3) is 0 Å². The van der Waals surface area contributed by atoms with Crippen molar-refractivity contribution in [2.75, 3.05) is 7.11 Å². The van der Waals surface area contributed by atoms with Gasteiger partial charge in [0, 0.05) is 5.92 Å². The lowest BCUT2D eigenvalue weighted by molar-refractivity contribution is -0.143. The van der Waals surface area contributed by atoms with Gasteiger partial charge in [0.2, 0.25) is 6.43 Å². The summed E-state index contributed by atoms with van der Waals surface area (Å²) in [5.41, 5.74) is 0. The van der Waals surface area contributed by atoms with Crippen molar-refractivity contribution >= 4 is 5.97 Å². The highest BCUT2D eigenvalue weighted by atomic mass is 19.3. The van der Waals surface area contributed by atoms with Gasteiger partial charge < -0.3 is 4.74 Å². The van der Waals surface area contributed by atoms with Gasteiger partial charge in [0.1, 0.15) is 0 Å². The number of carbonyl (C=O) groups excluding carboxylic acids is 1. The lowest BCUT2D eigenvalue weighted by Crippen LogP contribution is -2.18. The van der Waals surface area contributed by atoms with Crippen LogP contribution in [0, 0.1) is 11.8 Å². The average Bonchev–Trinajstić information content (AvgIpc) is 2.81. The number of alkyl halides is 2. The molecule has 1 unspecified atom stereocenters. The standard InChI is InChI=1S/C8H12F2O2/c1-12-7(11)4-6(8(9)10)5-2-3-5/h5-6,8H,2-4H2,1H3. The van der Waals surface area contributed by atoms with Crippen LogP contribution in [0.4, 0.5) is 8.78 Å². The zero-order chi connectivity index (χ0) is 9.14. The van der Waals surface area contributed by atoms with Crippen LogP contribution in [0.15, 0.2) is 0 Å². The molecular formula is C8H12F2O2. The summed E-state index contributed by atoms with van der Waals surface area (Å²) in [6.45, 7) is 0. The van der Waals surface area contributed by atoms with E-state index in [0.717, 1.165) is 12.8 Å². The third kappa shape index (κ3) is 2.43. The zero-order valence-corrected chi connectivity index (χ0v) is 6.93. The minimum absolute atomic E-state index is 0.0455. The van der Waals surface area contributed by atoms with Crippen LogP contribution in [-0.4, -0.2) is 19.5 Å². The van der Waals surface area contributed by atoms with Crippen molar-refractivity contribution in [1.29, 1.82) is 0 Å². The number of ether oxygens (including phenoxy) is 1. The minimum Gasteiger partial charge on any atom is -0.469 e. The Kier molecular flexibility index (Phi) is 3.00. The molecular weight excluding hydrogens is 166 g/mol. The Morgan fingerprint density at radius 2 is 2.17 bits per heavy atom. The summed E-state index contributed by atoms with van der Waals surface area (Å²) in [5.74, 6) is -1.27. The van der Waals surface area contributed by atoms with E-state index < -0.39 is 18.3 Å². The highest BCUT2D eigenvalue weighted by Crippen LogP contribution is 2.41. The van der Waals surface area contributed by atoms with E-state index in [9.17, 15) is 13.6 Å². The molecule has 0 radical (unpaired) electrons. The maximum atomic E-state index is 12.3. The molecule has 0 bridgehead atoms. The Morgan fingerprint density at radius 3 is 2.50 bits per heavy atom. The highest BCUT2D eigenvalue weighted by Gasteiger charge is 2.38. The molecule has 70 valence electrons. The number of esters is 1. The Balaban J connectivity index is 2.37. The molecule has 1 atom stereocenters. The van der Waals surface area contributed by atoms with Gasteiger partial charge in [0.25, 0.3) is 0 Å². The molecule has 0 amide bonds. The third-order valence-electron chi connectivity index (χ3n) is 2.18. The zero-order valence-electron chi connectivity index (χ0n) is 6.93. The van der Waals surface area contributed by atoms with Crippen LogP contribution < -0.4 is 0 Å². The summed E-state index contributed by atoms with van der Waals surface area (Å²) >= 11 is 0. The Morgan fingerprint density at radius 1 is 1.58 bits per heavy atom. The van der Waals surface area contributed by atoms with Crippen molar-refractivity contribution in [1.82, 2.24) is 0 Å². The molecule has 0 aliphatic heterocycles. The minimum atomic E-state index is -2.39. The van der Waals surface area contributed by atoms with E-state index in [1.165, 1.54) is 7.11 Å². The number of methoxy groups -OCH3 is 1. The first-order valence-corrected chi connectivity index (χ1v) is 4.00. The smallest absolute Gasteiger partial charge is 0.306 e. The fourth-order valence-corrected chi connectivity index (χ4v) is 1.26. The SMILES string of the molecule is COC(=O)CC(C(F)F)C1CC1. The topological polar surface area (TPSA) is 26.3 Å². The van der Waals surface area contributed by atoms with Gasteiger partial charge in [0.15, 0.2) is 0 Å². The van der Waals surface area contributed by atoms with Crippen molar-refractivity contribution in [3.05, 3.63) is 0 Å². The fraction of sp³-hybridized carbons (Fsp3) is 0.875. The van der Waals surface area contributed by atoms with Crippen LogP contribution in [0.5, 0.6) is 0 Å². The first-order valence-electron chi connectivity index (χ1n) is 4.00. The van der Waals surface area contributed by atoms with Crippen molar-refractivity contribution in [2.45, 2.75) is 25.7 Å². The molecule has 0 aromatic rings. The molecule has 1 fully saturated rings. The number of carbonyl (C=O) groups is 1. The lowest BCUT2D eigenvalue weighted by atomic mass is 10.0. The molecule has 0 saturated heterocycles. The van der Waals surface area contributed by atoms with E-state index in [2.05, 4.69) is 4.74 Å². The maximum Gasteiger partial charge on any atom is 0.306 e. The van der Waals surface area contributed by atoms with Crippen LogP contribution in [-0.2, 0) is 9.53 Å². The molecule has 12 heavy (non-hydrogen) atoms. The summed E-state index contributed by atoms with van der Waals surface area (Å²) in [7, 11) is 1.22. The van der Waals surface area contributed by atoms with Crippen molar-refractivity contribution < 1.29 is 18.3 Å². The molecule has 0 heterocycles. The second-order valence-corrected chi connectivity index (χ2v) is 3.12. The molecule has 0 spiro atoms. The normalized spacial score (nSPS) is 19.3. The molecule has 1 aliphatic carbocycles. The first kappa shape index (κ1) is 9.42. The van der Waals surface area contributed by atoms with E-state index in [-0.39, 0.29) is 12.3 Å². The molecule has 0 aromatic carbocycles. The average molecular weight is 178 g/mol. The summed E-state index contributed by atoms with van der Waals surface area (Å²) in [6.07, 6.45) is -0.881. The van der Waals surface area contributed by atoms with Crippen molar-refractivity contribution in [3.63, 3.8) is 0 Å². The van der Waals surface area contributed by atoms with Gasteiger partial charge in [-0.3, -0.25) is 4.79 Å². The number of hydrogen-bond donors (Lipinski definition) is 0. The molecule has 2 nitrogen and oxygen atoms in total. The number of halogens is 2. The second-order valence-electron chi connectivity index (χ2n) is 3.12. The van der Waals surface area contributed by atoms with E-state index in [0.29, 0.717) is 0 Å². The summed E-state index contributed by atoms with van der Waals surface area (Å²) in [4.78, 5) is 10.7. The predicted octanol–water partition coefficient (Wildman–Crippen LogP) is 1.84. The van der Waals surface area contributed by atoms with E-state index in [1.807, 2.05) is 0 Å². The Hall–Kier alpha value is -0.670. The lowest BCUT2D eigenvalue weighted by Gasteiger charge is -2.12. The van der Waals surface area contributed by atoms with Gasteiger partial charge in [-0.15, -0.1) is 0 Å². The van der Waals surface area contributed by atoms with Gasteiger partial charge in [-0.2, -0.15) is 0 Å². The van der Waals surface area contributed by atoms with Gasteiger partial charge in [-0.05, 0) is 18.8 Å². The number of rotatable bonds is 4. The quantitative estimate of drug-likeness (QED) is 0.614. The maximum absolute atomic E-state index is 12.3. The monoisotopic (exact) mass is 178 g/mol. The largest absolute Gasteiger partial charge is 0.469 e. The summed E-state index contributed by atoms with van der Waals surface area (Å²) in [5, 5.41) is 0. The fourth-order valence-electron chi connectivity index (χ4n) is 1.26. The predicted molar refractivity (Wildman–Crippen MR) is 38.9 cm³/mol.